The molecular weight excluding hydrogens is 364 g/mol. The first-order chi connectivity index (χ1) is 13.0. The van der Waals surface area contributed by atoms with E-state index in [1.54, 1.807) is 0 Å². The molecule has 0 amide bonds. The van der Waals surface area contributed by atoms with Crippen LogP contribution in [0.5, 0.6) is 0 Å². The van der Waals surface area contributed by atoms with Crippen LogP contribution in [-0.4, -0.2) is 127 Å². The summed E-state index contributed by atoms with van der Waals surface area (Å²) in [5.41, 5.74) is -0.363. The predicted molar refractivity (Wildman–Crippen MR) is 107 cm³/mol. The molecular formula is C19H36N4O5. The Morgan fingerprint density at radius 2 is 1.32 bits per heavy atom. The molecule has 0 atom stereocenters. The van der Waals surface area contributed by atoms with Crippen LogP contribution in [0.1, 0.15) is 20.8 Å². The Bertz CT molecular complexity index is 519. The highest BCUT2D eigenvalue weighted by Gasteiger charge is 2.24. The maximum Gasteiger partial charge on any atom is 0.317 e. The molecule has 162 valence electrons. The Hall–Kier alpha value is -1.55. The SMILES string of the molecule is CN1CCN(CCN(CC(=O)O)CC(=O)O)CCN(CC(=O)C(C)(C)C)CC1. The minimum Gasteiger partial charge on any atom is -0.480 e. The van der Waals surface area contributed by atoms with Crippen molar-refractivity contribution in [3.8, 4) is 0 Å². The zero-order valence-electron chi connectivity index (χ0n) is 17.7. The normalized spacial score (nSPS) is 18.5. The Labute approximate surface area is 167 Å². The van der Waals surface area contributed by atoms with Crippen LogP contribution in [0.4, 0.5) is 0 Å². The van der Waals surface area contributed by atoms with Crippen molar-refractivity contribution < 1.29 is 24.6 Å². The molecule has 0 aliphatic carbocycles. The van der Waals surface area contributed by atoms with Crippen molar-refractivity contribution in [2.45, 2.75) is 20.8 Å². The minimum absolute atomic E-state index is 0.218. The fourth-order valence-electron chi connectivity index (χ4n) is 2.94. The lowest BCUT2D eigenvalue weighted by Gasteiger charge is -2.28. The zero-order valence-corrected chi connectivity index (χ0v) is 17.7. The van der Waals surface area contributed by atoms with Gasteiger partial charge in [-0.15, -0.1) is 0 Å². The van der Waals surface area contributed by atoms with E-state index in [9.17, 15) is 14.4 Å². The number of hydrogen-bond donors (Lipinski definition) is 2. The summed E-state index contributed by atoms with van der Waals surface area (Å²) < 4.78 is 0. The highest BCUT2D eigenvalue weighted by molar-refractivity contribution is 5.85. The van der Waals surface area contributed by atoms with E-state index < -0.39 is 11.9 Å². The van der Waals surface area contributed by atoms with E-state index in [1.165, 1.54) is 4.90 Å². The van der Waals surface area contributed by atoms with Gasteiger partial charge >= 0.3 is 11.9 Å². The van der Waals surface area contributed by atoms with Gasteiger partial charge in [-0.1, -0.05) is 20.8 Å². The lowest BCUT2D eigenvalue weighted by Crippen LogP contribution is -2.44. The topological polar surface area (TPSA) is 105 Å². The maximum atomic E-state index is 12.4. The fourth-order valence-corrected chi connectivity index (χ4v) is 2.94. The lowest BCUT2D eigenvalue weighted by atomic mass is 9.90. The molecule has 0 radical (unpaired) electrons. The third-order valence-electron chi connectivity index (χ3n) is 4.98. The summed E-state index contributed by atoms with van der Waals surface area (Å²) in [7, 11) is 2.05. The molecule has 0 aromatic rings. The molecule has 0 saturated carbocycles. The molecule has 2 N–H and O–H groups in total. The summed E-state index contributed by atoms with van der Waals surface area (Å²) in [6.45, 7) is 11.6. The molecule has 0 aromatic carbocycles. The Morgan fingerprint density at radius 1 is 0.857 bits per heavy atom. The average Bonchev–Trinajstić information content (AvgIpc) is 2.63. The standard InChI is InChI=1S/C19H36N4O5/c1-19(2,3)16(24)13-22-8-6-20(4)5-7-21(9-11-22)10-12-23(14-17(25)26)15-18(27)28/h5-15H2,1-4H3,(H,25,26)(H,27,28). The second-order valence-corrected chi connectivity index (χ2v) is 8.59. The quantitative estimate of drug-likeness (QED) is 0.536. The van der Waals surface area contributed by atoms with Crippen molar-refractivity contribution in [1.82, 2.24) is 19.6 Å². The number of carboxylic acid groups (broad SMARTS) is 2. The van der Waals surface area contributed by atoms with Crippen molar-refractivity contribution in [2.75, 3.05) is 79.0 Å². The van der Waals surface area contributed by atoms with Crippen LogP contribution in [0.15, 0.2) is 0 Å². The molecule has 9 nitrogen and oxygen atoms in total. The number of hydrogen-bond acceptors (Lipinski definition) is 7. The molecule has 0 aromatic heterocycles. The fraction of sp³-hybridized carbons (Fsp3) is 0.842. The summed E-state index contributed by atoms with van der Waals surface area (Å²) in [5, 5.41) is 18.0. The van der Waals surface area contributed by atoms with E-state index in [-0.39, 0.29) is 24.3 Å². The number of carbonyl (C=O) groups excluding carboxylic acids is 1. The van der Waals surface area contributed by atoms with Gasteiger partial charge in [0.2, 0.25) is 0 Å². The first-order valence-corrected chi connectivity index (χ1v) is 9.80. The molecule has 1 aliphatic rings. The largest absolute Gasteiger partial charge is 0.480 e. The van der Waals surface area contributed by atoms with E-state index in [0.717, 1.165) is 39.3 Å². The van der Waals surface area contributed by atoms with E-state index in [1.807, 2.05) is 20.8 Å². The molecule has 0 unspecified atom stereocenters. The van der Waals surface area contributed by atoms with Gasteiger partial charge in [-0.3, -0.25) is 29.1 Å². The Balaban J connectivity index is 2.66. The van der Waals surface area contributed by atoms with Gasteiger partial charge in [0.05, 0.1) is 19.6 Å². The van der Waals surface area contributed by atoms with E-state index in [2.05, 4.69) is 21.7 Å². The number of carboxylic acids is 2. The van der Waals surface area contributed by atoms with Crippen molar-refractivity contribution in [1.29, 1.82) is 0 Å². The van der Waals surface area contributed by atoms with Gasteiger partial charge in [-0.25, -0.2) is 0 Å². The molecule has 1 heterocycles. The van der Waals surface area contributed by atoms with E-state index in [4.69, 9.17) is 10.2 Å². The Kier molecular flexibility index (Phi) is 10.0. The average molecular weight is 401 g/mol. The summed E-state index contributed by atoms with van der Waals surface area (Å²) >= 11 is 0. The third-order valence-corrected chi connectivity index (χ3v) is 4.98. The molecule has 1 aliphatic heterocycles. The van der Waals surface area contributed by atoms with E-state index >= 15 is 0 Å². The minimum atomic E-state index is -1.03. The molecule has 1 rings (SSSR count). The van der Waals surface area contributed by atoms with Crippen LogP contribution in [0.25, 0.3) is 0 Å². The van der Waals surface area contributed by atoms with Crippen molar-refractivity contribution in [2.24, 2.45) is 5.41 Å². The van der Waals surface area contributed by atoms with E-state index in [0.29, 0.717) is 19.6 Å². The number of nitrogens with zero attached hydrogens (tertiary/aromatic N) is 4. The number of Topliss-reactive ketones (excluding diaryl/α,β-unsaturated/α-hetero) is 1. The second kappa shape index (κ2) is 11.5. The second-order valence-electron chi connectivity index (χ2n) is 8.59. The molecule has 28 heavy (non-hydrogen) atoms. The van der Waals surface area contributed by atoms with Crippen molar-refractivity contribution in [3.05, 3.63) is 0 Å². The van der Waals surface area contributed by atoms with Gasteiger partial charge in [-0.2, -0.15) is 0 Å². The summed E-state index contributed by atoms with van der Waals surface area (Å²) in [6.07, 6.45) is 0. The molecule has 1 saturated heterocycles. The van der Waals surface area contributed by atoms with Crippen LogP contribution in [0.3, 0.4) is 0 Å². The lowest BCUT2D eigenvalue weighted by molar-refractivity contribution is -0.141. The first kappa shape index (κ1) is 24.5. The van der Waals surface area contributed by atoms with Crippen LogP contribution in [0.2, 0.25) is 0 Å². The zero-order chi connectivity index (χ0) is 21.3. The van der Waals surface area contributed by atoms with Crippen molar-refractivity contribution >= 4 is 17.7 Å². The van der Waals surface area contributed by atoms with Crippen LogP contribution >= 0.6 is 0 Å². The van der Waals surface area contributed by atoms with Gasteiger partial charge in [0.15, 0.2) is 5.78 Å². The van der Waals surface area contributed by atoms with Crippen LogP contribution in [-0.2, 0) is 14.4 Å². The van der Waals surface area contributed by atoms with Gasteiger partial charge in [0, 0.05) is 57.8 Å². The molecule has 1 fully saturated rings. The number of rotatable bonds is 9. The monoisotopic (exact) mass is 400 g/mol. The summed E-state index contributed by atoms with van der Waals surface area (Å²) in [4.78, 5) is 42.4. The maximum absolute atomic E-state index is 12.4. The van der Waals surface area contributed by atoms with Crippen LogP contribution in [0, 0.1) is 5.41 Å². The summed E-state index contributed by atoms with van der Waals surface area (Å²) in [5.74, 6) is -1.84. The predicted octanol–water partition coefficient (Wildman–Crippen LogP) is -0.378. The van der Waals surface area contributed by atoms with Gasteiger partial charge < -0.3 is 15.1 Å². The number of aliphatic carboxylic acids is 2. The number of likely N-dealkylation sites (N-methyl/N-ethyl adjacent to an activating group) is 1. The van der Waals surface area contributed by atoms with Crippen molar-refractivity contribution in [3.63, 3.8) is 0 Å². The first-order valence-electron chi connectivity index (χ1n) is 9.80. The van der Waals surface area contributed by atoms with Gasteiger partial charge in [0.1, 0.15) is 0 Å². The van der Waals surface area contributed by atoms with Gasteiger partial charge in [0.25, 0.3) is 0 Å². The highest BCUT2D eigenvalue weighted by Crippen LogP contribution is 2.15. The third kappa shape index (κ3) is 10.1. The Morgan fingerprint density at radius 3 is 1.82 bits per heavy atom. The number of ketones is 1. The van der Waals surface area contributed by atoms with Crippen LogP contribution < -0.4 is 0 Å². The number of carbonyl (C=O) groups is 3. The molecule has 0 spiro atoms. The summed E-state index contributed by atoms with van der Waals surface area (Å²) in [6, 6.07) is 0. The van der Waals surface area contributed by atoms with Gasteiger partial charge in [-0.05, 0) is 7.05 Å². The smallest absolute Gasteiger partial charge is 0.317 e. The highest BCUT2D eigenvalue weighted by atomic mass is 16.4. The molecule has 9 heteroatoms. The molecule has 0 bridgehead atoms.